The zero-order valence-electron chi connectivity index (χ0n) is 26.3. The summed E-state index contributed by atoms with van der Waals surface area (Å²) < 4.78 is 19.2. The first-order valence-electron chi connectivity index (χ1n) is 15.0. The van der Waals surface area contributed by atoms with Gasteiger partial charge >= 0.3 is 0 Å². The first kappa shape index (κ1) is 36.6. The van der Waals surface area contributed by atoms with Gasteiger partial charge in [0.25, 0.3) is 5.91 Å². The second kappa shape index (κ2) is 17.7. The van der Waals surface area contributed by atoms with Gasteiger partial charge in [-0.3, -0.25) is 24.0 Å². The van der Waals surface area contributed by atoms with Gasteiger partial charge in [0.15, 0.2) is 6.61 Å². The lowest BCUT2D eigenvalue weighted by molar-refractivity contribution is -0.139. The van der Waals surface area contributed by atoms with E-state index in [1.165, 1.54) is 35.7 Å². The van der Waals surface area contributed by atoms with Crippen LogP contribution in [0, 0.1) is 11.7 Å². The molecule has 14 heteroatoms. The minimum absolute atomic E-state index is 0.101. The summed E-state index contributed by atoms with van der Waals surface area (Å²) >= 11 is 7.35. The summed E-state index contributed by atoms with van der Waals surface area (Å²) in [6.07, 6.45) is 2.49. The van der Waals surface area contributed by atoms with Gasteiger partial charge in [0.2, 0.25) is 23.6 Å². The highest BCUT2D eigenvalue weighted by Gasteiger charge is 2.32. The molecule has 0 aromatic heterocycles. The maximum absolute atomic E-state index is 13.6. The monoisotopic (exact) mass is 677 g/mol. The van der Waals surface area contributed by atoms with E-state index in [2.05, 4.69) is 21.3 Å². The van der Waals surface area contributed by atoms with Gasteiger partial charge < -0.3 is 30.9 Å². The average Bonchev–Trinajstić information content (AvgIpc) is 3.01. The van der Waals surface area contributed by atoms with Crippen molar-refractivity contribution in [1.82, 2.24) is 26.2 Å². The molecule has 1 saturated heterocycles. The molecule has 0 saturated carbocycles. The second-order valence-electron chi connectivity index (χ2n) is 11.4. The highest BCUT2D eigenvalue weighted by Crippen LogP contribution is 2.21. The Kier molecular flexibility index (Phi) is 14.1. The Morgan fingerprint density at radius 2 is 1.74 bits per heavy atom. The number of hydrogen-bond donors (Lipinski definition) is 4. The third kappa shape index (κ3) is 11.2. The van der Waals surface area contributed by atoms with Crippen molar-refractivity contribution < 1.29 is 33.1 Å². The number of halogens is 2. The molecule has 1 heterocycles. The fourth-order valence-corrected chi connectivity index (χ4v) is 5.42. The van der Waals surface area contributed by atoms with E-state index in [9.17, 15) is 28.4 Å². The first-order chi connectivity index (χ1) is 21.9. The quantitative estimate of drug-likeness (QED) is 0.319. The van der Waals surface area contributed by atoms with Gasteiger partial charge in [-0.1, -0.05) is 55.8 Å². The van der Waals surface area contributed by atoms with Crippen LogP contribution in [-0.2, 0) is 30.4 Å². The summed E-state index contributed by atoms with van der Waals surface area (Å²) in [4.78, 5) is 68.1. The van der Waals surface area contributed by atoms with Crippen LogP contribution in [0.15, 0.2) is 48.5 Å². The van der Waals surface area contributed by atoms with E-state index in [1.54, 1.807) is 13.8 Å². The molecule has 2 aromatic rings. The number of carbonyl (C=O) groups excluding carboxylic acids is 5. The first-order valence-corrected chi connectivity index (χ1v) is 16.7. The lowest BCUT2D eigenvalue weighted by atomic mass is 10.0. The SMILES string of the molecule is CSCC[C@@H]1NC(=O)[C@H](C(C)C)NC(=O)CN(C(=O)COc2ccc(F)c(Cl)c2)C[C@@H](Cc2ccccc2)NC(=O)[C@H](C)NC1=O. The van der Waals surface area contributed by atoms with Crippen molar-refractivity contribution in [1.29, 1.82) is 0 Å². The van der Waals surface area contributed by atoms with Gasteiger partial charge in [0, 0.05) is 12.6 Å². The lowest BCUT2D eigenvalue weighted by Crippen LogP contribution is -2.57. The molecule has 5 amide bonds. The normalized spacial score (nSPS) is 21.8. The molecule has 1 fully saturated rings. The standard InChI is InChI=1S/C32H41ClFN5O6S/c1-19(2)29-32(44)37-26(12-13-46-4)31(43)35-20(3)30(42)36-22(14-21-8-6-5-7-9-21)16-39(17-27(40)38-29)28(41)18-45-23-10-11-25(34)24(33)15-23/h5-11,15,19-20,22,26,29H,12-14,16-18H2,1-4H3,(H,35,43)(H,36,42)(H,37,44)(H,38,40)/t20-,22+,26-,29-/m0/s1. The topological polar surface area (TPSA) is 146 Å². The van der Waals surface area contributed by atoms with E-state index < -0.39 is 72.7 Å². The van der Waals surface area contributed by atoms with Crippen LogP contribution in [0.3, 0.4) is 0 Å². The van der Waals surface area contributed by atoms with Gasteiger partial charge in [0.1, 0.15) is 29.7 Å². The minimum atomic E-state index is -1.01. The molecule has 4 atom stereocenters. The zero-order valence-corrected chi connectivity index (χ0v) is 27.9. The summed E-state index contributed by atoms with van der Waals surface area (Å²) in [6, 6.07) is 9.34. The molecule has 3 rings (SSSR count). The lowest BCUT2D eigenvalue weighted by Gasteiger charge is -2.29. The number of rotatable bonds is 9. The Hall–Kier alpha value is -3.84. The number of hydrogen-bond acceptors (Lipinski definition) is 7. The van der Waals surface area contributed by atoms with Gasteiger partial charge in [-0.15, -0.1) is 0 Å². The molecule has 1 aliphatic rings. The van der Waals surface area contributed by atoms with Gasteiger partial charge in [-0.25, -0.2) is 4.39 Å². The number of ether oxygens (including phenoxy) is 1. The minimum Gasteiger partial charge on any atom is -0.484 e. The van der Waals surface area contributed by atoms with Crippen LogP contribution in [0.5, 0.6) is 5.75 Å². The largest absolute Gasteiger partial charge is 0.484 e. The Balaban J connectivity index is 1.95. The van der Waals surface area contributed by atoms with Crippen molar-refractivity contribution in [2.24, 2.45) is 5.92 Å². The summed E-state index contributed by atoms with van der Waals surface area (Å²) in [6.45, 7) is 3.97. The Labute approximate surface area is 277 Å². The van der Waals surface area contributed by atoms with Crippen molar-refractivity contribution in [3.05, 3.63) is 64.9 Å². The molecule has 4 N–H and O–H groups in total. The van der Waals surface area contributed by atoms with Crippen LogP contribution in [0.25, 0.3) is 0 Å². The van der Waals surface area contributed by atoms with Crippen LogP contribution < -0.4 is 26.0 Å². The van der Waals surface area contributed by atoms with E-state index in [0.717, 1.165) is 11.6 Å². The molecule has 46 heavy (non-hydrogen) atoms. The van der Waals surface area contributed by atoms with Crippen LogP contribution in [-0.4, -0.2) is 90.3 Å². The molecule has 250 valence electrons. The molecule has 0 aliphatic carbocycles. The molecule has 0 bridgehead atoms. The number of benzene rings is 2. The maximum atomic E-state index is 13.6. The predicted molar refractivity (Wildman–Crippen MR) is 175 cm³/mol. The Morgan fingerprint density at radius 3 is 2.39 bits per heavy atom. The van der Waals surface area contributed by atoms with Crippen molar-refractivity contribution in [2.45, 2.75) is 57.8 Å². The average molecular weight is 678 g/mol. The highest BCUT2D eigenvalue weighted by molar-refractivity contribution is 7.98. The van der Waals surface area contributed by atoms with Crippen molar-refractivity contribution >= 4 is 52.9 Å². The molecule has 0 radical (unpaired) electrons. The van der Waals surface area contributed by atoms with E-state index in [-0.39, 0.29) is 23.2 Å². The zero-order chi connectivity index (χ0) is 33.8. The van der Waals surface area contributed by atoms with Crippen LogP contribution in [0.1, 0.15) is 32.8 Å². The van der Waals surface area contributed by atoms with Crippen LogP contribution in [0.2, 0.25) is 5.02 Å². The number of carbonyl (C=O) groups is 5. The van der Waals surface area contributed by atoms with E-state index in [4.69, 9.17) is 16.3 Å². The van der Waals surface area contributed by atoms with Crippen molar-refractivity contribution in [3.63, 3.8) is 0 Å². The third-order valence-corrected chi connectivity index (χ3v) is 8.25. The van der Waals surface area contributed by atoms with E-state index >= 15 is 0 Å². The molecule has 1 aliphatic heterocycles. The summed E-state index contributed by atoms with van der Waals surface area (Å²) in [5.74, 6) is -3.10. The maximum Gasteiger partial charge on any atom is 0.261 e. The number of nitrogens with zero attached hydrogens (tertiary/aromatic N) is 1. The number of nitrogens with one attached hydrogen (secondary N) is 4. The van der Waals surface area contributed by atoms with Crippen molar-refractivity contribution in [2.75, 3.05) is 31.7 Å². The summed E-state index contributed by atoms with van der Waals surface area (Å²) in [5, 5.41) is 10.9. The number of amides is 5. The predicted octanol–water partition coefficient (Wildman–Crippen LogP) is 2.31. The Morgan fingerprint density at radius 1 is 1.02 bits per heavy atom. The fourth-order valence-electron chi connectivity index (χ4n) is 4.78. The fraction of sp³-hybridized carbons (Fsp3) is 0.469. The molecular formula is C32H41ClFN5O6S. The number of thioether (sulfide) groups is 1. The van der Waals surface area contributed by atoms with Crippen molar-refractivity contribution in [3.8, 4) is 5.75 Å². The van der Waals surface area contributed by atoms with Gasteiger partial charge in [-0.05, 0) is 55.4 Å². The molecule has 11 nitrogen and oxygen atoms in total. The second-order valence-corrected chi connectivity index (χ2v) is 12.8. The summed E-state index contributed by atoms with van der Waals surface area (Å²) in [5.41, 5.74) is 0.864. The van der Waals surface area contributed by atoms with Crippen LogP contribution in [0.4, 0.5) is 4.39 Å². The van der Waals surface area contributed by atoms with E-state index in [1.807, 2.05) is 36.6 Å². The summed E-state index contributed by atoms with van der Waals surface area (Å²) in [7, 11) is 0. The molecule has 0 spiro atoms. The van der Waals surface area contributed by atoms with Gasteiger partial charge in [-0.2, -0.15) is 11.8 Å². The third-order valence-electron chi connectivity index (χ3n) is 7.31. The smallest absolute Gasteiger partial charge is 0.261 e. The molecule has 2 aromatic carbocycles. The van der Waals surface area contributed by atoms with Crippen LogP contribution >= 0.6 is 23.4 Å². The molecular weight excluding hydrogens is 637 g/mol. The Bertz CT molecular complexity index is 1380. The van der Waals surface area contributed by atoms with Gasteiger partial charge in [0.05, 0.1) is 17.6 Å². The molecule has 0 unspecified atom stereocenters. The highest BCUT2D eigenvalue weighted by atomic mass is 35.5. The van der Waals surface area contributed by atoms with E-state index in [0.29, 0.717) is 18.6 Å².